The predicted molar refractivity (Wildman–Crippen MR) is 278 cm³/mol. The van der Waals surface area contributed by atoms with Gasteiger partial charge >= 0.3 is 0 Å². The summed E-state index contributed by atoms with van der Waals surface area (Å²) in [6, 6.07) is 67.7. The number of aromatic nitrogens is 3. The molecule has 310 valence electrons. The van der Waals surface area contributed by atoms with Crippen LogP contribution < -0.4 is 0 Å². The zero-order valence-corrected chi connectivity index (χ0v) is 37.6. The Morgan fingerprint density at radius 3 is 1.77 bits per heavy atom. The van der Waals surface area contributed by atoms with Gasteiger partial charge in [0.2, 0.25) is 0 Å². The van der Waals surface area contributed by atoms with Gasteiger partial charge in [-0.3, -0.25) is 0 Å². The zero-order chi connectivity index (χ0) is 43.7. The van der Waals surface area contributed by atoms with Crippen LogP contribution in [0.25, 0.3) is 130 Å². The molecule has 0 spiro atoms. The van der Waals surface area contributed by atoms with Crippen LogP contribution >= 0.6 is 22.7 Å². The van der Waals surface area contributed by atoms with Gasteiger partial charge in [-0.2, -0.15) is 0 Å². The van der Waals surface area contributed by atoms with E-state index in [0.29, 0.717) is 17.5 Å². The maximum absolute atomic E-state index is 6.62. The van der Waals surface area contributed by atoms with Gasteiger partial charge in [-0.1, -0.05) is 147 Å². The Morgan fingerprint density at radius 2 is 0.924 bits per heavy atom. The highest BCUT2D eigenvalue weighted by Crippen LogP contribution is 2.50. The minimum absolute atomic E-state index is 0.0664. The molecule has 0 atom stereocenters. The topological polar surface area (TPSA) is 51.8 Å². The third-order valence-corrected chi connectivity index (χ3v) is 16.0. The molecular formula is C60H37N3OS2. The highest BCUT2D eigenvalue weighted by Gasteiger charge is 2.35. The van der Waals surface area contributed by atoms with E-state index in [1.54, 1.807) is 22.7 Å². The fourth-order valence-electron chi connectivity index (χ4n) is 10.5. The van der Waals surface area contributed by atoms with Crippen LogP contribution in [0.5, 0.6) is 0 Å². The lowest BCUT2D eigenvalue weighted by Gasteiger charge is -2.22. The number of rotatable bonds is 5. The zero-order valence-electron chi connectivity index (χ0n) is 36.0. The van der Waals surface area contributed by atoms with Crippen molar-refractivity contribution in [2.45, 2.75) is 19.3 Å². The van der Waals surface area contributed by atoms with Crippen LogP contribution in [-0.2, 0) is 5.41 Å². The standard InChI is InChI=1S/C60H37N3OS2/c1-60(2)47-19-6-3-14-39(47)40-27-24-37(32-48(40)60)35-13-9-12-34(30-35)36-26-29-49-46(31-36)55-44(17-10-20-50(55)64-49)58-61-57(38-25-28-42-41-15-4-7-21-51(41)66-54(42)33-38)62-59(63-58)45-18-11-23-53-56(45)43-16-5-8-22-52(43)65-53/h3-33H,1-2H3. The van der Waals surface area contributed by atoms with Gasteiger partial charge in [-0.15, -0.1) is 22.7 Å². The molecule has 0 N–H and O–H groups in total. The summed E-state index contributed by atoms with van der Waals surface area (Å²) in [6.07, 6.45) is 0. The van der Waals surface area contributed by atoms with Crippen molar-refractivity contribution in [2.75, 3.05) is 0 Å². The summed E-state index contributed by atoms with van der Waals surface area (Å²) in [7, 11) is 0. The SMILES string of the molecule is CC1(C)c2ccccc2-c2ccc(-c3cccc(-c4ccc5oc6cccc(-c7nc(-c8ccc9c(c8)sc8ccccc89)nc(-c8cccc9sc%10ccccc%10c89)n7)c6c5c4)c3)cc21. The average molecular weight is 880 g/mol. The van der Waals surface area contributed by atoms with Crippen LogP contribution in [0.1, 0.15) is 25.0 Å². The van der Waals surface area contributed by atoms with Crippen LogP contribution in [0.2, 0.25) is 0 Å². The van der Waals surface area contributed by atoms with Gasteiger partial charge in [0.05, 0.1) is 0 Å². The van der Waals surface area contributed by atoms with Gasteiger partial charge in [0, 0.05) is 73.2 Å². The van der Waals surface area contributed by atoms with Gasteiger partial charge in [-0.05, 0) is 99.1 Å². The number of thiophene rings is 2. The number of nitrogens with zero attached hydrogens (tertiary/aromatic N) is 3. The second-order valence-corrected chi connectivity index (χ2v) is 20.1. The maximum atomic E-state index is 6.62. The van der Waals surface area contributed by atoms with Crippen molar-refractivity contribution >= 4 is 85.0 Å². The normalized spacial score (nSPS) is 13.1. The van der Waals surface area contributed by atoms with E-state index in [1.165, 1.54) is 68.3 Å². The minimum atomic E-state index is -0.0664. The molecule has 4 heterocycles. The molecule has 66 heavy (non-hydrogen) atoms. The molecule has 9 aromatic carbocycles. The minimum Gasteiger partial charge on any atom is -0.456 e. The fraction of sp³-hybridized carbons (Fsp3) is 0.0500. The van der Waals surface area contributed by atoms with Crippen molar-refractivity contribution in [1.82, 2.24) is 15.0 Å². The molecule has 0 saturated heterocycles. The summed E-state index contributed by atoms with van der Waals surface area (Å²) in [5.41, 5.74) is 14.5. The lowest BCUT2D eigenvalue weighted by Crippen LogP contribution is -2.14. The van der Waals surface area contributed by atoms with Crippen LogP contribution in [0.4, 0.5) is 0 Å². The molecule has 6 heteroatoms. The Labute approximate surface area is 388 Å². The summed E-state index contributed by atoms with van der Waals surface area (Å²) in [5, 5.41) is 6.86. The molecule has 4 aromatic heterocycles. The smallest absolute Gasteiger partial charge is 0.164 e. The van der Waals surface area contributed by atoms with Crippen molar-refractivity contribution in [3.8, 4) is 67.5 Å². The van der Waals surface area contributed by atoms with Crippen molar-refractivity contribution in [3.05, 3.63) is 199 Å². The number of furan rings is 1. The second kappa shape index (κ2) is 14.1. The first-order valence-corrected chi connectivity index (χ1v) is 24.0. The van der Waals surface area contributed by atoms with E-state index in [-0.39, 0.29) is 5.41 Å². The Kier molecular flexibility index (Phi) is 8.04. The monoisotopic (exact) mass is 879 g/mol. The quantitative estimate of drug-likeness (QED) is 0.173. The molecule has 1 aliphatic carbocycles. The molecule has 0 aliphatic heterocycles. The van der Waals surface area contributed by atoms with Crippen molar-refractivity contribution in [3.63, 3.8) is 0 Å². The fourth-order valence-corrected chi connectivity index (χ4v) is 12.8. The Hall–Kier alpha value is -7.77. The molecule has 1 aliphatic rings. The molecule has 0 unspecified atom stereocenters. The highest BCUT2D eigenvalue weighted by atomic mass is 32.1. The average Bonchev–Trinajstić information content (AvgIpc) is 4.11. The molecule has 0 saturated carbocycles. The van der Waals surface area contributed by atoms with Gasteiger partial charge < -0.3 is 4.42 Å². The van der Waals surface area contributed by atoms with Gasteiger partial charge in [0.15, 0.2) is 17.5 Å². The Bertz CT molecular complexity index is 4170. The summed E-state index contributed by atoms with van der Waals surface area (Å²) in [5.74, 6) is 1.87. The van der Waals surface area contributed by atoms with Crippen LogP contribution in [0.3, 0.4) is 0 Å². The van der Waals surface area contributed by atoms with E-state index in [2.05, 4.69) is 190 Å². The van der Waals surface area contributed by atoms with Crippen molar-refractivity contribution in [1.29, 1.82) is 0 Å². The van der Waals surface area contributed by atoms with Gasteiger partial charge in [-0.25, -0.2) is 15.0 Å². The summed E-state index contributed by atoms with van der Waals surface area (Å²) >= 11 is 3.60. The molecule has 0 radical (unpaired) electrons. The van der Waals surface area contributed by atoms with Gasteiger partial charge in [0.1, 0.15) is 11.2 Å². The number of fused-ring (bicyclic) bond motifs is 12. The molecule has 14 rings (SSSR count). The Balaban J connectivity index is 0.931. The number of benzene rings is 9. The summed E-state index contributed by atoms with van der Waals surface area (Å²) in [6.45, 7) is 4.68. The molecule has 13 aromatic rings. The predicted octanol–water partition coefficient (Wildman–Crippen LogP) is 17.1. The van der Waals surface area contributed by atoms with E-state index < -0.39 is 0 Å². The third kappa shape index (κ3) is 5.65. The van der Waals surface area contributed by atoms with Crippen LogP contribution in [0, 0.1) is 0 Å². The van der Waals surface area contributed by atoms with E-state index in [1.807, 2.05) is 12.1 Å². The van der Waals surface area contributed by atoms with Crippen molar-refractivity contribution < 1.29 is 4.42 Å². The number of hydrogen-bond acceptors (Lipinski definition) is 6. The maximum Gasteiger partial charge on any atom is 0.164 e. The van der Waals surface area contributed by atoms with E-state index >= 15 is 0 Å². The van der Waals surface area contributed by atoms with E-state index in [4.69, 9.17) is 19.4 Å². The molecule has 0 fully saturated rings. The first kappa shape index (κ1) is 37.6. The first-order valence-electron chi connectivity index (χ1n) is 22.3. The van der Waals surface area contributed by atoms with Crippen LogP contribution in [0.15, 0.2) is 192 Å². The first-order chi connectivity index (χ1) is 32.4. The second-order valence-electron chi connectivity index (χ2n) is 17.9. The Morgan fingerprint density at radius 1 is 0.348 bits per heavy atom. The van der Waals surface area contributed by atoms with E-state index in [0.717, 1.165) is 55.1 Å². The summed E-state index contributed by atoms with van der Waals surface area (Å²) < 4.78 is 11.5. The van der Waals surface area contributed by atoms with Crippen molar-refractivity contribution in [2.24, 2.45) is 0 Å². The summed E-state index contributed by atoms with van der Waals surface area (Å²) in [4.78, 5) is 16.0. The third-order valence-electron chi connectivity index (χ3n) is 13.8. The number of hydrogen-bond donors (Lipinski definition) is 0. The highest BCUT2D eigenvalue weighted by molar-refractivity contribution is 7.26. The lowest BCUT2D eigenvalue weighted by atomic mass is 9.81. The largest absolute Gasteiger partial charge is 0.456 e. The molecule has 0 bridgehead atoms. The van der Waals surface area contributed by atoms with E-state index in [9.17, 15) is 0 Å². The van der Waals surface area contributed by atoms with Crippen LogP contribution in [-0.4, -0.2) is 15.0 Å². The lowest BCUT2D eigenvalue weighted by molar-refractivity contribution is 0.660. The van der Waals surface area contributed by atoms with Gasteiger partial charge in [0.25, 0.3) is 0 Å². The molecular weight excluding hydrogens is 843 g/mol. The molecule has 4 nitrogen and oxygen atoms in total. The molecule has 0 amide bonds.